The van der Waals surface area contributed by atoms with Gasteiger partial charge in [0.25, 0.3) is 5.91 Å². The summed E-state index contributed by atoms with van der Waals surface area (Å²) in [6, 6.07) is 6.70. The quantitative estimate of drug-likeness (QED) is 0.408. The van der Waals surface area contributed by atoms with Crippen molar-refractivity contribution in [3.8, 4) is 5.75 Å². The molecule has 2 aromatic heterocycles. The van der Waals surface area contributed by atoms with E-state index in [4.69, 9.17) is 16.6 Å². The van der Waals surface area contributed by atoms with Crippen LogP contribution in [0.1, 0.15) is 77.0 Å². The van der Waals surface area contributed by atoms with Crippen LogP contribution in [0, 0.1) is 11.7 Å². The van der Waals surface area contributed by atoms with Crippen LogP contribution < -0.4 is 10.9 Å². The number of H-pyrrole nitrogens is 1. The molecule has 10 heteroatoms. The number of carbonyl (C=O) groups is 1. The fourth-order valence-electron chi connectivity index (χ4n) is 6.22. The van der Waals surface area contributed by atoms with E-state index in [2.05, 4.69) is 20.8 Å². The summed E-state index contributed by atoms with van der Waals surface area (Å²) >= 11 is 5.91. The monoisotopic (exact) mass is 524 g/mol. The first-order chi connectivity index (χ1) is 17.9. The average molecular weight is 525 g/mol. The van der Waals surface area contributed by atoms with Crippen molar-refractivity contribution in [1.29, 1.82) is 0 Å². The van der Waals surface area contributed by atoms with Gasteiger partial charge in [-0.1, -0.05) is 18.5 Å². The third kappa shape index (κ3) is 4.49. The number of aromatic nitrogens is 3. The molecule has 1 saturated heterocycles. The van der Waals surface area contributed by atoms with E-state index in [1.807, 2.05) is 6.92 Å². The van der Waals surface area contributed by atoms with Crippen molar-refractivity contribution in [1.82, 2.24) is 30.7 Å². The predicted octanol–water partition coefficient (Wildman–Crippen LogP) is 4.17. The lowest BCUT2D eigenvalue weighted by atomic mass is 9.73. The maximum Gasteiger partial charge on any atom is 0.272 e. The molecule has 0 radical (unpaired) electrons. The molecule has 4 N–H and O–H groups in total. The molecular weight excluding hydrogens is 495 g/mol. The first-order valence-corrected chi connectivity index (χ1v) is 13.3. The summed E-state index contributed by atoms with van der Waals surface area (Å²) in [4.78, 5) is 27.3. The summed E-state index contributed by atoms with van der Waals surface area (Å²) in [5, 5.41) is 10.3. The van der Waals surface area contributed by atoms with Crippen molar-refractivity contribution in [3.63, 3.8) is 0 Å². The van der Waals surface area contributed by atoms with Gasteiger partial charge in [-0.25, -0.2) is 19.8 Å². The zero-order valence-electron chi connectivity index (χ0n) is 20.6. The maximum absolute atomic E-state index is 14.2. The van der Waals surface area contributed by atoms with E-state index in [-0.39, 0.29) is 29.7 Å². The Hall–Kier alpha value is -3.01. The van der Waals surface area contributed by atoms with Crippen molar-refractivity contribution in [2.45, 2.75) is 63.6 Å². The van der Waals surface area contributed by atoms with Crippen LogP contribution in [0.2, 0.25) is 5.02 Å². The number of hydrogen-bond acceptors (Lipinski definition) is 6. The number of rotatable bonds is 4. The van der Waals surface area contributed by atoms with Crippen molar-refractivity contribution >= 4 is 17.5 Å². The number of nitrogens with one attached hydrogen (secondary N) is 3. The molecule has 37 heavy (non-hydrogen) atoms. The molecule has 0 spiro atoms. The van der Waals surface area contributed by atoms with Crippen LogP contribution in [0.5, 0.6) is 5.75 Å². The van der Waals surface area contributed by atoms with E-state index < -0.39 is 5.82 Å². The maximum atomic E-state index is 14.2. The number of hydrogen-bond donors (Lipinski definition) is 4. The smallest absolute Gasteiger partial charge is 0.272 e. The van der Waals surface area contributed by atoms with E-state index >= 15 is 0 Å². The minimum absolute atomic E-state index is 0.0424. The molecule has 0 bridgehead atoms. The van der Waals surface area contributed by atoms with Crippen molar-refractivity contribution < 1.29 is 14.3 Å². The van der Waals surface area contributed by atoms with Crippen LogP contribution in [0.25, 0.3) is 0 Å². The molecule has 2 aliphatic heterocycles. The van der Waals surface area contributed by atoms with E-state index in [1.165, 1.54) is 12.3 Å². The van der Waals surface area contributed by atoms with E-state index in [9.17, 15) is 14.3 Å². The fraction of sp³-hybridized carbons (Fsp3) is 0.444. The van der Waals surface area contributed by atoms with Gasteiger partial charge in [0, 0.05) is 25.2 Å². The zero-order chi connectivity index (χ0) is 25.7. The molecule has 1 aliphatic carbocycles. The van der Waals surface area contributed by atoms with Gasteiger partial charge < -0.3 is 15.0 Å². The van der Waals surface area contributed by atoms with Crippen LogP contribution in [-0.2, 0) is 19.4 Å². The normalized spacial score (nSPS) is 25.1. The second-order valence-corrected chi connectivity index (χ2v) is 10.7. The first-order valence-electron chi connectivity index (χ1n) is 12.9. The highest BCUT2D eigenvalue weighted by Gasteiger charge is 2.43. The Labute approximate surface area is 219 Å². The highest BCUT2D eigenvalue weighted by Crippen LogP contribution is 2.44. The number of pyridine rings is 1. The number of imidazole rings is 1. The van der Waals surface area contributed by atoms with Gasteiger partial charge in [-0.15, -0.1) is 0 Å². The van der Waals surface area contributed by atoms with Crippen LogP contribution >= 0.6 is 11.6 Å². The Morgan fingerprint density at radius 3 is 2.92 bits per heavy atom. The Kier molecular flexibility index (Phi) is 6.38. The number of aromatic hydroxyl groups is 1. The number of amides is 1. The number of nitrogens with zero attached hydrogens (tertiary/aromatic N) is 3. The zero-order valence-corrected chi connectivity index (χ0v) is 21.4. The van der Waals surface area contributed by atoms with E-state index in [0.717, 1.165) is 54.0 Å². The SMILES string of the molecule is CCc1cc(O)c(F)cc1C1CCC2C(C1)NNC2c1nc2c([nH]1)CN(C(=O)c1ccc(Cl)cn1)CC2. The van der Waals surface area contributed by atoms with Crippen molar-refractivity contribution in [2.75, 3.05) is 6.54 Å². The largest absolute Gasteiger partial charge is 0.505 e. The lowest BCUT2D eigenvalue weighted by molar-refractivity contribution is 0.0726. The molecule has 3 aliphatic rings. The van der Waals surface area contributed by atoms with Gasteiger partial charge in [0.2, 0.25) is 0 Å². The average Bonchev–Trinajstić information content (AvgIpc) is 3.53. The van der Waals surface area contributed by atoms with Crippen LogP contribution in [0.4, 0.5) is 4.39 Å². The Morgan fingerprint density at radius 2 is 2.14 bits per heavy atom. The number of fused-ring (bicyclic) bond motifs is 2. The highest BCUT2D eigenvalue weighted by atomic mass is 35.5. The summed E-state index contributed by atoms with van der Waals surface area (Å²) in [6.45, 7) is 3.09. The molecule has 1 saturated carbocycles. The van der Waals surface area contributed by atoms with Gasteiger partial charge >= 0.3 is 0 Å². The third-order valence-corrected chi connectivity index (χ3v) is 8.39. The summed E-state index contributed by atoms with van der Waals surface area (Å²) in [7, 11) is 0. The molecule has 4 unspecified atom stereocenters. The molecular formula is C27H30ClFN6O2. The van der Waals surface area contributed by atoms with Crippen molar-refractivity contribution in [3.05, 3.63) is 75.3 Å². The topological polar surface area (TPSA) is 106 Å². The molecule has 6 rings (SSSR count). The molecule has 4 heterocycles. The lowest BCUT2D eigenvalue weighted by Crippen LogP contribution is -2.36. The molecule has 4 atom stereocenters. The van der Waals surface area contributed by atoms with Gasteiger partial charge in [0.1, 0.15) is 11.5 Å². The molecule has 3 aromatic rings. The molecule has 194 valence electrons. The highest BCUT2D eigenvalue weighted by molar-refractivity contribution is 6.30. The lowest BCUT2D eigenvalue weighted by Gasteiger charge is -2.33. The molecule has 1 aromatic carbocycles. The Balaban J connectivity index is 1.15. The summed E-state index contributed by atoms with van der Waals surface area (Å²) < 4.78 is 14.2. The second kappa shape index (κ2) is 9.70. The summed E-state index contributed by atoms with van der Waals surface area (Å²) in [6.07, 6.45) is 5.76. The summed E-state index contributed by atoms with van der Waals surface area (Å²) in [5.41, 5.74) is 11.3. The van der Waals surface area contributed by atoms with Crippen LogP contribution in [0.15, 0.2) is 30.5 Å². The number of phenols is 1. The summed E-state index contributed by atoms with van der Waals surface area (Å²) in [5.74, 6) is 0.547. The first kappa shape index (κ1) is 24.3. The van der Waals surface area contributed by atoms with Gasteiger partial charge in [0.15, 0.2) is 11.6 Å². The number of aryl methyl sites for hydroxylation is 1. The standard InChI is InChI=1S/C27H30ClFN6O2/c1-2-14-10-24(36)19(29)11-18(14)15-3-5-17-22(9-15)33-34-25(17)26-31-20-7-8-35(13-23(20)32-26)27(37)21-6-4-16(28)12-30-21/h4,6,10-12,15,17,22,25,33-34,36H,2-3,5,7-9,13H2,1H3,(H,31,32). The Bertz CT molecular complexity index is 1330. The minimum atomic E-state index is -0.551. The molecule has 1 amide bonds. The fourth-order valence-corrected chi connectivity index (χ4v) is 6.34. The number of hydrazine groups is 1. The number of phenolic OH excluding ortho intramolecular Hbond substituents is 1. The number of halogens is 2. The molecule has 2 fully saturated rings. The number of aromatic amines is 1. The van der Waals surface area contributed by atoms with E-state index in [0.29, 0.717) is 36.1 Å². The van der Waals surface area contributed by atoms with Crippen LogP contribution in [0.3, 0.4) is 0 Å². The van der Waals surface area contributed by atoms with Gasteiger partial charge in [0.05, 0.1) is 29.0 Å². The Morgan fingerprint density at radius 1 is 1.27 bits per heavy atom. The third-order valence-electron chi connectivity index (χ3n) is 8.16. The predicted molar refractivity (Wildman–Crippen MR) is 137 cm³/mol. The van der Waals surface area contributed by atoms with Gasteiger partial charge in [-0.3, -0.25) is 10.2 Å². The second-order valence-electron chi connectivity index (χ2n) is 10.3. The minimum Gasteiger partial charge on any atom is -0.505 e. The molecule has 8 nitrogen and oxygen atoms in total. The van der Waals surface area contributed by atoms with Gasteiger partial charge in [-0.2, -0.15) is 0 Å². The number of benzene rings is 1. The van der Waals surface area contributed by atoms with E-state index in [1.54, 1.807) is 23.1 Å². The van der Waals surface area contributed by atoms with Crippen LogP contribution in [-0.4, -0.2) is 43.5 Å². The van der Waals surface area contributed by atoms with Crippen molar-refractivity contribution in [2.24, 2.45) is 5.92 Å². The van der Waals surface area contributed by atoms with Gasteiger partial charge in [-0.05, 0) is 72.9 Å². The number of carbonyl (C=O) groups excluding carboxylic acids is 1.